The lowest BCUT2D eigenvalue weighted by Crippen LogP contribution is -2.26. The van der Waals surface area contributed by atoms with E-state index < -0.39 is 5.60 Å². The van der Waals surface area contributed by atoms with Gasteiger partial charge in [-0.25, -0.2) is 4.79 Å². The first kappa shape index (κ1) is 14.7. The highest BCUT2D eigenvalue weighted by molar-refractivity contribution is 6.19. The molecule has 2 aromatic rings. The Bertz CT molecular complexity index is 650. The van der Waals surface area contributed by atoms with E-state index in [1.807, 2.05) is 57.2 Å². The molecule has 106 valence electrons. The molecular formula is C16H18ClNO2. The Morgan fingerprint density at radius 1 is 1.35 bits per heavy atom. The minimum absolute atomic E-state index is 0.364. The summed E-state index contributed by atoms with van der Waals surface area (Å²) in [5, 5.41) is 0.993. The van der Waals surface area contributed by atoms with Crippen LogP contribution in [0.3, 0.4) is 0 Å². The number of fused-ring (bicyclic) bond motifs is 1. The predicted octanol–water partition coefficient (Wildman–Crippen LogP) is 4.68. The summed E-state index contributed by atoms with van der Waals surface area (Å²) >= 11 is 5.62. The average Bonchev–Trinajstić information content (AvgIpc) is 2.77. The van der Waals surface area contributed by atoms with Crippen molar-refractivity contribution in [1.29, 1.82) is 0 Å². The van der Waals surface area contributed by atoms with Gasteiger partial charge < -0.3 is 4.74 Å². The van der Waals surface area contributed by atoms with Gasteiger partial charge in [0.1, 0.15) is 5.60 Å². The summed E-state index contributed by atoms with van der Waals surface area (Å²) in [6.07, 6.45) is 5.20. The summed E-state index contributed by atoms with van der Waals surface area (Å²) in [6, 6.07) is 7.77. The Hall–Kier alpha value is -1.74. The van der Waals surface area contributed by atoms with Crippen LogP contribution in [0, 0.1) is 0 Å². The molecule has 20 heavy (non-hydrogen) atoms. The zero-order valence-corrected chi connectivity index (χ0v) is 12.6. The summed E-state index contributed by atoms with van der Waals surface area (Å²) < 4.78 is 6.90. The van der Waals surface area contributed by atoms with Crippen molar-refractivity contribution in [2.45, 2.75) is 26.4 Å². The number of hydrogen-bond acceptors (Lipinski definition) is 2. The topological polar surface area (TPSA) is 31.2 Å². The first-order chi connectivity index (χ1) is 9.40. The molecule has 0 atom stereocenters. The Balaban J connectivity index is 2.33. The van der Waals surface area contributed by atoms with Crippen LogP contribution in [-0.4, -0.2) is 22.1 Å². The second-order valence-corrected chi connectivity index (χ2v) is 5.85. The number of carbonyl (C=O) groups is 1. The molecule has 0 N–H and O–H groups in total. The average molecular weight is 292 g/mol. The van der Waals surface area contributed by atoms with Gasteiger partial charge in [-0.1, -0.05) is 18.2 Å². The number of allylic oxidation sites excluding steroid dienone is 1. The lowest BCUT2D eigenvalue weighted by Gasteiger charge is -2.19. The Kier molecular flexibility index (Phi) is 4.19. The van der Waals surface area contributed by atoms with Crippen molar-refractivity contribution in [1.82, 2.24) is 4.57 Å². The number of halogens is 1. The third kappa shape index (κ3) is 3.42. The van der Waals surface area contributed by atoms with E-state index >= 15 is 0 Å². The van der Waals surface area contributed by atoms with E-state index in [-0.39, 0.29) is 6.09 Å². The van der Waals surface area contributed by atoms with Gasteiger partial charge in [0, 0.05) is 17.5 Å². The maximum absolute atomic E-state index is 12.1. The van der Waals surface area contributed by atoms with Crippen molar-refractivity contribution in [2.24, 2.45) is 0 Å². The SMILES string of the molecule is CC(C)(C)OC(=O)n1ccc2cc(C=CCCl)ccc21. The largest absolute Gasteiger partial charge is 0.443 e. The maximum Gasteiger partial charge on any atom is 0.418 e. The van der Waals surface area contributed by atoms with Crippen LogP contribution in [0.5, 0.6) is 0 Å². The Morgan fingerprint density at radius 3 is 2.75 bits per heavy atom. The quantitative estimate of drug-likeness (QED) is 0.753. The molecule has 0 saturated heterocycles. The molecule has 0 saturated carbocycles. The van der Waals surface area contributed by atoms with Crippen LogP contribution in [0.1, 0.15) is 26.3 Å². The van der Waals surface area contributed by atoms with E-state index in [9.17, 15) is 4.79 Å². The summed E-state index contributed by atoms with van der Waals surface area (Å²) in [5.41, 5.74) is 1.39. The standard InChI is InChI=1S/C16H18ClNO2/c1-16(2,3)20-15(19)18-10-8-13-11-12(5-4-9-17)6-7-14(13)18/h4-8,10-11H,9H2,1-3H3. The van der Waals surface area contributed by atoms with E-state index in [0.717, 1.165) is 16.5 Å². The molecule has 0 aliphatic heterocycles. The Labute approximate surface area is 123 Å². The highest BCUT2D eigenvalue weighted by atomic mass is 35.5. The van der Waals surface area contributed by atoms with Gasteiger partial charge in [-0.15, -0.1) is 11.6 Å². The maximum atomic E-state index is 12.1. The van der Waals surface area contributed by atoms with Gasteiger partial charge in [-0.05, 0) is 44.5 Å². The van der Waals surface area contributed by atoms with Crippen molar-refractivity contribution >= 4 is 34.7 Å². The van der Waals surface area contributed by atoms with E-state index in [4.69, 9.17) is 16.3 Å². The van der Waals surface area contributed by atoms with Gasteiger partial charge in [-0.2, -0.15) is 0 Å². The summed E-state index contributed by atoms with van der Waals surface area (Å²) in [4.78, 5) is 12.1. The molecule has 0 aliphatic rings. The van der Waals surface area contributed by atoms with Crippen molar-refractivity contribution in [2.75, 3.05) is 5.88 Å². The molecule has 0 spiro atoms. The molecule has 1 aromatic carbocycles. The number of rotatable bonds is 2. The summed E-state index contributed by atoms with van der Waals surface area (Å²) in [5.74, 6) is 0.483. The third-order valence-corrected chi connectivity index (χ3v) is 2.88. The van der Waals surface area contributed by atoms with Crippen LogP contribution in [0.25, 0.3) is 17.0 Å². The lowest BCUT2D eigenvalue weighted by molar-refractivity contribution is 0.0544. The van der Waals surface area contributed by atoms with Crippen molar-refractivity contribution in [3.05, 3.63) is 42.1 Å². The number of benzene rings is 1. The van der Waals surface area contributed by atoms with Gasteiger partial charge >= 0.3 is 6.09 Å². The van der Waals surface area contributed by atoms with Crippen LogP contribution < -0.4 is 0 Å². The third-order valence-electron chi connectivity index (χ3n) is 2.70. The fourth-order valence-electron chi connectivity index (χ4n) is 1.92. The molecule has 0 amide bonds. The second kappa shape index (κ2) is 5.71. The molecule has 3 nitrogen and oxygen atoms in total. The minimum atomic E-state index is -0.503. The zero-order chi connectivity index (χ0) is 14.8. The minimum Gasteiger partial charge on any atom is -0.443 e. The van der Waals surface area contributed by atoms with Crippen LogP contribution in [-0.2, 0) is 4.74 Å². The first-order valence-electron chi connectivity index (χ1n) is 6.48. The van der Waals surface area contributed by atoms with E-state index in [0.29, 0.717) is 5.88 Å². The van der Waals surface area contributed by atoms with Crippen LogP contribution in [0.4, 0.5) is 4.79 Å². The van der Waals surface area contributed by atoms with Crippen LogP contribution >= 0.6 is 11.6 Å². The smallest absolute Gasteiger partial charge is 0.418 e. The highest BCUT2D eigenvalue weighted by Gasteiger charge is 2.18. The van der Waals surface area contributed by atoms with E-state index in [1.165, 1.54) is 4.57 Å². The van der Waals surface area contributed by atoms with Gasteiger partial charge in [0.2, 0.25) is 0 Å². The van der Waals surface area contributed by atoms with Crippen LogP contribution in [0.2, 0.25) is 0 Å². The van der Waals surface area contributed by atoms with Gasteiger partial charge in [-0.3, -0.25) is 4.57 Å². The number of ether oxygens (including phenoxy) is 1. The molecule has 0 bridgehead atoms. The fraction of sp³-hybridized carbons (Fsp3) is 0.312. The molecule has 1 heterocycles. The fourth-order valence-corrected chi connectivity index (χ4v) is 2.00. The lowest BCUT2D eigenvalue weighted by atomic mass is 10.1. The van der Waals surface area contributed by atoms with Crippen molar-refractivity contribution in [3.63, 3.8) is 0 Å². The molecular weight excluding hydrogens is 274 g/mol. The molecule has 2 rings (SSSR count). The van der Waals surface area contributed by atoms with E-state index in [2.05, 4.69) is 0 Å². The van der Waals surface area contributed by atoms with Crippen molar-refractivity contribution < 1.29 is 9.53 Å². The molecule has 0 aliphatic carbocycles. The Morgan fingerprint density at radius 2 is 2.10 bits per heavy atom. The number of carbonyl (C=O) groups excluding carboxylic acids is 1. The summed E-state index contributed by atoms with van der Waals surface area (Å²) in [6.45, 7) is 5.56. The van der Waals surface area contributed by atoms with Crippen molar-refractivity contribution in [3.8, 4) is 0 Å². The molecule has 0 fully saturated rings. The monoisotopic (exact) mass is 291 g/mol. The van der Waals surface area contributed by atoms with Crippen LogP contribution in [0.15, 0.2) is 36.5 Å². The van der Waals surface area contributed by atoms with Gasteiger partial charge in [0.25, 0.3) is 0 Å². The number of aromatic nitrogens is 1. The zero-order valence-electron chi connectivity index (χ0n) is 11.9. The van der Waals surface area contributed by atoms with Gasteiger partial charge in [0.05, 0.1) is 5.52 Å². The number of hydrogen-bond donors (Lipinski definition) is 0. The number of nitrogens with zero attached hydrogens (tertiary/aromatic N) is 1. The molecule has 1 aromatic heterocycles. The predicted molar refractivity (Wildman–Crippen MR) is 83.3 cm³/mol. The molecule has 4 heteroatoms. The summed E-state index contributed by atoms with van der Waals surface area (Å²) in [7, 11) is 0. The highest BCUT2D eigenvalue weighted by Crippen LogP contribution is 2.20. The second-order valence-electron chi connectivity index (χ2n) is 5.54. The van der Waals surface area contributed by atoms with Gasteiger partial charge in [0.15, 0.2) is 0 Å². The molecule has 0 radical (unpaired) electrons. The normalized spacial score (nSPS) is 12.2. The van der Waals surface area contributed by atoms with E-state index in [1.54, 1.807) is 6.20 Å². The molecule has 0 unspecified atom stereocenters. The number of alkyl halides is 1. The first-order valence-corrected chi connectivity index (χ1v) is 7.01.